The number of hydrogen-bond acceptors (Lipinski definition) is 5. The number of fused-ring (bicyclic) bond motifs is 1. The van der Waals surface area contributed by atoms with Crippen molar-refractivity contribution >= 4 is 28.7 Å². The van der Waals surface area contributed by atoms with Gasteiger partial charge in [-0.3, -0.25) is 15.0 Å². The molecule has 8 nitrogen and oxygen atoms in total. The zero-order valence-electron chi connectivity index (χ0n) is 14.1. The first-order valence-corrected chi connectivity index (χ1v) is 8.51. The van der Waals surface area contributed by atoms with Gasteiger partial charge in [-0.15, -0.1) is 0 Å². The number of rotatable bonds is 3. The Morgan fingerprint density at radius 3 is 3.04 bits per heavy atom. The van der Waals surface area contributed by atoms with Crippen molar-refractivity contribution in [1.82, 2.24) is 20.2 Å². The summed E-state index contributed by atoms with van der Waals surface area (Å²) in [4.78, 5) is 29.5. The molecule has 2 aliphatic rings. The van der Waals surface area contributed by atoms with Gasteiger partial charge in [-0.25, -0.2) is 9.78 Å². The Morgan fingerprint density at radius 2 is 2.28 bits per heavy atom. The van der Waals surface area contributed by atoms with E-state index in [0.717, 1.165) is 42.8 Å². The summed E-state index contributed by atoms with van der Waals surface area (Å²) in [5.74, 6) is -0.237. The van der Waals surface area contributed by atoms with Gasteiger partial charge in [0.15, 0.2) is 0 Å². The highest BCUT2D eigenvalue weighted by molar-refractivity contribution is 6.06. The largest absolute Gasteiger partial charge is 0.374 e. The van der Waals surface area contributed by atoms with Crippen LogP contribution >= 0.6 is 0 Å². The van der Waals surface area contributed by atoms with Crippen LogP contribution in [0.3, 0.4) is 0 Å². The molecule has 2 aromatic heterocycles. The Hall–Kier alpha value is -2.45. The molecule has 0 spiro atoms. The zero-order chi connectivity index (χ0) is 17.4. The summed E-state index contributed by atoms with van der Waals surface area (Å²) < 4.78 is 7.88. The van der Waals surface area contributed by atoms with E-state index in [1.807, 2.05) is 13.0 Å². The number of carbonyl (C=O) groups is 2. The molecular weight excluding hydrogens is 322 g/mol. The van der Waals surface area contributed by atoms with E-state index in [1.54, 1.807) is 11.1 Å². The summed E-state index contributed by atoms with van der Waals surface area (Å²) in [6.45, 7) is 5.59. The molecular formula is C17H21N5O3. The number of amides is 3. The Kier molecular flexibility index (Phi) is 4.14. The molecule has 2 N–H and O–H groups in total. The highest BCUT2D eigenvalue weighted by Crippen LogP contribution is 2.26. The third-order valence-electron chi connectivity index (χ3n) is 4.67. The van der Waals surface area contributed by atoms with E-state index in [2.05, 4.69) is 26.4 Å². The maximum Gasteiger partial charge on any atom is 0.328 e. The molecule has 0 unspecified atom stereocenters. The average Bonchev–Trinajstić information content (AvgIpc) is 2.91. The Morgan fingerprint density at radius 1 is 1.40 bits per heavy atom. The smallest absolute Gasteiger partial charge is 0.328 e. The Balaban J connectivity index is 1.62. The lowest BCUT2D eigenvalue weighted by Crippen LogP contribution is -2.49. The van der Waals surface area contributed by atoms with E-state index in [9.17, 15) is 9.59 Å². The van der Waals surface area contributed by atoms with Crippen molar-refractivity contribution in [2.75, 3.05) is 31.1 Å². The van der Waals surface area contributed by atoms with Crippen molar-refractivity contribution in [3.63, 3.8) is 0 Å². The van der Waals surface area contributed by atoms with Crippen molar-refractivity contribution in [2.45, 2.75) is 26.0 Å². The van der Waals surface area contributed by atoms with Gasteiger partial charge in [0.05, 0.1) is 31.1 Å². The lowest BCUT2D eigenvalue weighted by atomic mass is 10.2. The van der Waals surface area contributed by atoms with Crippen molar-refractivity contribution < 1.29 is 14.3 Å². The molecule has 2 aromatic rings. The molecule has 0 aromatic carbocycles. The number of nitrogens with one attached hydrogen (secondary N) is 2. The quantitative estimate of drug-likeness (QED) is 0.860. The van der Waals surface area contributed by atoms with E-state index in [1.165, 1.54) is 0 Å². The summed E-state index contributed by atoms with van der Waals surface area (Å²) in [6, 6.07) is 1.57. The van der Waals surface area contributed by atoms with Crippen molar-refractivity contribution in [3.05, 3.63) is 24.0 Å². The van der Waals surface area contributed by atoms with Crippen LogP contribution in [0.2, 0.25) is 0 Å². The first-order chi connectivity index (χ1) is 12.1. The third-order valence-corrected chi connectivity index (χ3v) is 4.67. The zero-order valence-corrected chi connectivity index (χ0v) is 14.1. The van der Waals surface area contributed by atoms with Crippen LogP contribution < -0.4 is 15.5 Å². The maximum atomic E-state index is 12.0. The second-order valence-corrected chi connectivity index (χ2v) is 6.48. The van der Waals surface area contributed by atoms with Gasteiger partial charge >= 0.3 is 6.03 Å². The number of aromatic nitrogens is 2. The second-order valence-electron chi connectivity index (χ2n) is 6.48. The molecule has 3 amide bonds. The lowest BCUT2D eigenvalue weighted by molar-refractivity contribution is -0.120. The monoisotopic (exact) mass is 343 g/mol. The first-order valence-electron chi connectivity index (χ1n) is 8.51. The van der Waals surface area contributed by atoms with Crippen LogP contribution in [0.1, 0.15) is 12.0 Å². The summed E-state index contributed by atoms with van der Waals surface area (Å²) >= 11 is 0. The number of hydrogen-bond donors (Lipinski definition) is 2. The van der Waals surface area contributed by atoms with Gasteiger partial charge in [-0.2, -0.15) is 0 Å². The van der Waals surface area contributed by atoms with Crippen molar-refractivity contribution in [1.29, 1.82) is 0 Å². The molecule has 25 heavy (non-hydrogen) atoms. The normalized spacial score (nSPS) is 21.6. The van der Waals surface area contributed by atoms with Gasteiger partial charge in [0.2, 0.25) is 5.91 Å². The molecule has 4 heterocycles. The van der Waals surface area contributed by atoms with Gasteiger partial charge in [0.1, 0.15) is 5.65 Å². The topological polar surface area (TPSA) is 88.5 Å². The Labute approximate surface area is 145 Å². The number of imide groups is 1. The highest BCUT2D eigenvalue weighted by Gasteiger charge is 2.25. The molecule has 0 aliphatic carbocycles. The second kappa shape index (κ2) is 6.45. The van der Waals surface area contributed by atoms with E-state index < -0.39 is 6.03 Å². The molecule has 2 fully saturated rings. The number of nitrogens with zero attached hydrogens (tertiary/aromatic N) is 3. The predicted molar refractivity (Wildman–Crippen MR) is 92.6 cm³/mol. The summed E-state index contributed by atoms with van der Waals surface area (Å²) in [6.07, 6.45) is 4.19. The molecule has 0 bridgehead atoms. The van der Waals surface area contributed by atoms with Gasteiger partial charge in [-0.1, -0.05) is 0 Å². The number of morpholine rings is 1. The first kappa shape index (κ1) is 16.0. The van der Waals surface area contributed by atoms with E-state index in [-0.39, 0.29) is 12.0 Å². The van der Waals surface area contributed by atoms with E-state index >= 15 is 0 Å². The Bertz CT molecular complexity index is 825. The van der Waals surface area contributed by atoms with Gasteiger partial charge in [-0.05, 0) is 18.6 Å². The minimum absolute atomic E-state index is 0.129. The third kappa shape index (κ3) is 3.10. The van der Waals surface area contributed by atoms with Crippen LogP contribution in [0.5, 0.6) is 0 Å². The summed E-state index contributed by atoms with van der Waals surface area (Å²) in [7, 11) is 0. The van der Waals surface area contributed by atoms with Crippen molar-refractivity contribution in [3.8, 4) is 0 Å². The molecule has 1 atom stereocenters. The number of anilines is 1. The molecule has 0 radical (unpaired) electrons. The minimum atomic E-state index is -0.392. The molecule has 0 saturated carbocycles. The maximum absolute atomic E-state index is 12.0. The van der Waals surface area contributed by atoms with Gasteiger partial charge in [0, 0.05) is 37.6 Å². The van der Waals surface area contributed by atoms with Crippen molar-refractivity contribution in [2.24, 2.45) is 0 Å². The molecule has 8 heteroatoms. The minimum Gasteiger partial charge on any atom is -0.374 e. The average molecular weight is 343 g/mol. The molecule has 2 aliphatic heterocycles. The highest BCUT2D eigenvalue weighted by atomic mass is 16.5. The van der Waals surface area contributed by atoms with Crippen LogP contribution in [0.4, 0.5) is 10.5 Å². The van der Waals surface area contributed by atoms with Crippen LogP contribution in [-0.2, 0) is 16.1 Å². The summed E-state index contributed by atoms with van der Waals surface area (Å²) in [5, 5.41) is 6.68. The fourth-order valence-electron chi connectivity index (χ4n) is 3.38. The van der Waals surface area contributed by atoms with Crippen LogP contribution in [0.15, 0.2) is 18.5 Å². The SMILES string of the molecule is Cc1cn(C[C@H]2CNCCO2)c2ncc(N3CCC(=O)NC3=O)cc12. The number of aryl methyl sites for hydroxylation is 1. The molecule has 4 rings (SSSR count). The fraction of sp³-hybridized carbons (Fsp3) is 0.471. The molecule has 2 saturated heterocycles. The number of urea groups is 1. The lowest BCUT2D eigenvalue weighted by Gasteiger charge is -2.26. The van der Waals surface area contributed by atoms with Crippen LogP contribution in [0, 0.1) is 6.92 Å². The number of ether oxygens (including phenoxy) is 1. The van der Waals surface area contributed by atoms with Gasteiger partial charge < -0.3 is 14.6 Å². The fourth-order valence-corrected chi connectivity index (χ4v) is 3.38. The molecule has 132 valence electrons. The van der Waals surface area contributed by atoms with Crippen LogP contribution in [-0.4, -0.2) is 53.8 Å². The standard InChI is InChI=1S/C17H21N5O3/c1-11-9-21(10-13-8-18-3-5-25-13)16-14(11)6-12(7-19-16)22-4-2-15(23)20-17(22)24/h6-7,9,13,18H,2-5,8,10H2,1H3,(H,20,23,24)/t13-/m1/s1. The van der Waals surface area contributed by atoms with Gasteiger partial charge in [0.25, 0.3) is 0 Å². The number of pyridine rings is 1. The number of carbonyl (C=O) groups excluding carboxylic acids is 2. The van der Waals surface area contributed by atoms with Crippen LogP contribution in [0.25, 0.3) is 11.0 Å². The van der Waals surface area contributed by atoms with E-state index in [0.29, 0.717) is 18.7 Å². The van der Waals surface area contributed by atoms with E-state index in [4.69, 9.17) is 4.74 Å². The summed E-state index contributed by atoms with van der Waals surface area (Å²) in [5.41, 5.74) is 2.68. The predicted octanol–water partition coefficient (Wildman–Crippen LogP) is 0.779.